The van der Waals surface area contributed by atoms with Gasteiger partial charge >= 0.3 is 0 Å². The Morgan fingerprint density at radius 2 is 2.13 bits per heavy atom. The molecule has 1 aromatic carbocycles. The topological polar surface area (TPSA) is 38.0 Å². The minimum atomic E-state index is 0.496. The van der Waals surface area contributed by atoms with E-state index >= 15 is 0 Å². The quantitative estimate of drug-likeness (QED) is 0.747. The molecular weight excluding hydrogens is 208 g/mol. The van der Waals surface area contributed by atoms with Gasteiger partial charge in [0.25, 0.3) is 0 Å². The fourth-order valence-corrected chi connectivity index (χ4v) is 1.84. The Bertz CT molecular complexity index is 312. The molecule has 3 N–H and O–H groups in total. The fourth-order valence-electron chi connectivity index (χ4n) is 1.60. The number of hydrogen-bond acceptors (Lipinski definition) is 2. The molecule has 0 heterocycles. The number of hydrogen-bond donors (Lipinski definition) is 2. The summed E-state index contributed by atoms with van der Waals surface area (Å²) >= 11 is 6.09. The van der Waals surface area contributed by atoms with Crippen molar-refractivity contribution in [3.05, 3.63) is 23.2 Å². The number of benzene rings is 1. The van der Waals surface area contributed by atoms with Crippen LogP contribution in [0.5, 0.6) is 0 Å². The minimum Gasteiger partial charge on any atom is -0.399 e. The molecule has 15 heavy (non-hydrogen) atoms. The van der Waals surface area contributed by atoms with Gasteiger partial charge in [0.1, 0.15) is 0 Å². The summed E-state index contributed by atoms with van der Waals surface area (Å²) in [6.45, 7) is 4.37. The van der Waals surface area contributed by atoms with Crippen molar-refractivity contribution in [2.24, 2.45) is 0 Å². The zero-order valence-electron chi connectivity index (χ0n) is 9.39. The zero-order chi connectivity index (χ0) is 11.3. The summed E-state index contributed by atoms with van der Waals surface area (Å²) in [5.74, 6) is 0. The monoisotopic (exact) mass is 226 g/mol. The van der Waals surface area contributed by atoms with Gasteiger partial charge in [-0.25, -0.2) is 0 Å². The molecule has 3 heteroatoms. The molecule has 84 valence electrons. The zero-order valence-corrected chi connectivity index (χ0v) is 10.1. The molecule has 1 rings (SSSR count). The van der Waals surface area contributed by atoms with Gasteiger partial charge in [0.05, 0.1) is 10.7 Å². The molecular formula is C12H19ClN2. The molecule has 0 aliphatic rings. The normalized spacial score (nSPS) is 12.5. The number of nitrogens with one attached hydrogen (secondary N) is 1. The second-order valence-electron chi connectivity index (χ2n) is 3.78. The highest BCUT2D eigenvalue weighted by Gasteiger charge is 2.07. The second kappa shape index (κ2) is 5.86. The van der Waals surface area contributed by atoms with Gasteiger partial charge in [0, 0.05) is 11.7 Å². The Kier molecular flexibility index (Phi) is 4.76. The Hall–Kier alpha value is -0.890. The van der Waals surface area contributed by atoms with Gasteiger partial charge in [-0.3, -0.25) is 0 Å². The van der Waals surface area contributed by atoms with Gasteiger partial charge in [-0.05, 0) is 31.0 Å². The first-order chi connectivity index (χ1) is 7.17. The second-order valence-corrected chi connectivity index (χ2v) is 4.18. The fraction of sp³-hybridized carbons (Fsp3) is 0.500. The molecule has 0 fully saturated rings. The van der Waals surface area contributed by atoms with E-state index in [2.05, 4.69) is 19.2 Å². The highest BCUT2D eigenvalue weighted by atomic mass is 35.5. The molecule has 1 unspecified atom stereocenters. The first-order valence-electron chi connectivity index (χ1n) is 5.49. The molecule has 0 spiro atoms. The van der Waals surface area contributed by atoms with Gasteiger partial charge in [0.2, 0.25) is 0 Å². The van der Waals surface area contributed by atoms with E-state index in [1.54, 1.807) is 6.07 Å². The molecule has 0 aromatic heterocycles. The summed E-state index contributed by atoms with van der Waals surface area (Å²) in [5, 5.41) is 4.14. The number of nitrogen functional groups attached to an aromatic ring is 1. The van der Waals surface area contributed by atoms with Crippen LogP contribution in [0.3, 0.4) is 0 Å². The molecule has 2 nitrogen and oxygen atoms in total. The predicted molar refractivity (Wildman–Crippen MR) is 68.5 cm³/mol. The standard InChI is InChI=1S/C12H19ClN2/c1-3-5-10(4-2)15-12-7-6-9(14)8-11(12)13/h6-8,10,15H,3-5,14H2,1-2H3. The van der Waals surface area contributed by atoms with Crippen molar-refractivity contribution in [2.75, 3.05) is 11.1 Å². The third-order valence-electron chi connectivity index (χ3n) is 2.48. The maximum atomic E-state index is 6.09. The first-order valence-corrected chi connectivity index (χ1v) is 5.86. The van der Waals surface area contributed by atoms with E-state index in [4.69, 9.17) is 17.3 Å². The van der Waals surface area contributed by atoms with E-state index in [1.807, 2.05) is 12.1 Å². The van der Waals surface area contributed by atoms with E-state index in [0.29, 0.717) is 16.8 Å². The molecule has 0 aliphatic carbocycles. The van der Waals surface area contributed by atoms with E-state index < -0.39 is 0 Å². The summed E-state index contributed by atoms with van der Waals surface area (Å²) in [7, 11) is 0. The lowest BCUT2D eigenvalue weighted by Gasteiger charge is -2.18. The highest BCUT2D eigenvalue weighted by molar-refractivity contribution is 6.33. The van der Waals surface area contributed by atoms with E-state index in [1.165, 1.54) is 6.42 Å². The van der Waals surface area contributed by atoms with Crippen LogP contribution in [0.15, 0.2) is 18.2 Å². The minimum absolute atomic E-state index is 0.496. The summed E-state index contributed by atoms with van der Waals surface area (Å²) in [4.78, 5) is 0. The lowest BCUT2D eigenvalue weighted by atomic mass is 10.1. The number of halogens is 1. The lowest BCUT2D eigenvalue weighted by molar-refractivity contribution is 0.623. The van der Waals surface area contributed by atoms with Crippen molar-refractivity contribution in [1.82, 2.24) is 0 Å². The summed E-state index contributed by atoms with van der Waals surface area (Å²) < 4.78 is 0. The average molecular weight is 227 g/mol. The first kappa shape index (κ1) is 12.2. The summed E-state index contributed by atoms with van der Waals surface area (Å²) in [6.07, 6.45) is 3.45. The maximum absolute atomic E-state index is 6.09. The van der Waals surface area contributed by atoms with Crippen molar-refractivity contribution in [3.63, 3.8) is 0 Å². The van der Waals surface area contributed by atoms with Gasteiger partial charge in [0.15, 0.2) is 0 Å². The van der Waals surface area contributed by atoms with Crippen molar-refractivity contribution in [1.29, 1.82) is 0 Å². The van der Waals surface area contributed by atoms with Crippen LogP contribution >= 0.6 is 11.6 Å². The molecule has 0 saturated carbocycles. The molecule has 0 bridgehead atoms. The molecule has 1 atom stereocenters. The van der Waals surface area contributed by atoms with Crippen LogP contribution in [-0.2, 0) is 0 Å². The van der Waals surface area contributed by atoms with Crippen LogP contribution in [-0.4, -0.2) is 6.04 Å². The predicted octanol–water partition coefficient (Wildman–Crippen LogP) is 3.91. The Labute approximate surface area is 96.8 Å². The number of anilines is 2. The molecule has 0 amide bonds. The average Bonchev–Trinajstić information content (AvgIpc) is 2.21. The van der Waals surface area contributed by atoms with Gasteiger partial charge < -0.3 is 11.1 Å². The number of nitrogens with two attached hydrogens (primary N) is 1. The van der Waals surface area contributed by atoms with Crippen molar-refractivity contribution < 1.29 is 0 Å². The Morgan fingerprint density at radius 3 is 2.67 bits per heavy atom. The van der Waals surface area contributed by atoms with Crippen LogP contribution in [0.2, 0.25) is 5.02 Å². The Balaban J connectivity index is 2.70. The van der Waals surface area contributed by atoms with Crippen LogP contribution in [0, 0.1) is 0 Å². The van der Waals surface area contributed by atoms with Gasteiger partial charge in [-0.1, -0.05) is 31.9 Å². The SMILES string of the molecule is CCCC(CC)Nc1ccc(N)cc1Cl. The number of rotatable bonds is 5. The van der Waals surface area contributed by atoms with Crippen LogP contribution < -0.4 is 11.1 Å². The molecule has 0 radical (unpaired) electrons. The van der Waals surface area contributed by atoms with Crippen LogP contribution in [0.4, 0.5) is 11.4 Å². The lowest BCUT2D eigenvalue weighted by Crippen LogP contribution is -2.18. The smallest absolute Gasteiger partial charge is 0.0658 e. The van der Waals surface area contributed by atoms with Gasteiger partial charge in [-0.2, -0.15) is 0 Å². The third kappa shape index (κ3) is 3.63. The van der Waals surface area contributed by atoms with E-state index in [-0.39, 0.29) is 0 Å². The van der Waals surface area contributed by atoms with E-state index in [0.717, 1.165) is 18.5 Å². The molecule has 0 saturated heterocycles. The van der Waals surface area contributed by atoms with Crippen LogP contribution in [0.25, 0.3) is 0 Å². The summed E-state index contributed by atoms with van der Waals surface area (Å²) in [6, 6.07) is 6.09. The molecule has 1 aromatic rings. The maximum Gasteiger partial charge on any atom is 0.0658 e. The highest BCUT2D eigenvalue weighted by Crippen LogP contribution is 2.25. The van der Waals surface area contributed by atoms with Gasteiger partial charge in [-0.15, -0.1) is 0 Å². The van der Waals surface area contributed by atoms with E-state index in [9.17, 15) is 0 Å². The largest absolute Gasteiger partial charge is 0.399 e. The third-order valence-corrected chi connectivity index (χ3v) is 2.80. The van der Waals surface area contributed by atoms with Crippen molar-refractivity contribution in [2.45, 2.75) is 39.2 Å². The van der Waals surface area contributed by atoms with Crippen molar-refractivity contribution in [3.8, 4) is 0 Å². The molecule has 0 aliphatic heterocycles. The van der Waals surface area contributed by atoms with Crippen LogP contribution in [0.1, 0.15) is 33.1 Å². The Morgan fingerprint density at radius 1 is 1.40 bits per heavy atom. The van der Waals surface area contributed by atoms with Crippen molar-refractivity contribution >= 4 is 23.0 Å². The summed E-state index contributed by atoms with van der Waals surface area (Å²) in [5.41, 5.74) is 7.32.